The number of aliphatic hydroxyl groups is 1. The molecule has 1 heterocycles. The van der Waals surface area contributed by atoms with Gasteiger partial charge >= 0.3 is 5.97 Å². The molecule has 0 saturated carbocycles. The number of rotatable bonds is 2. The highest BCUT2D eigenvalue weighted by atomic mass is 35.5. The highest BCUT2D eigenvalue weighted by Crippen LogP contribution is 2.25. The third-order valence-electron chi connectivity index (χ3n) is 2.15. The van der Waals surface area contributed by atoms with Crippen molar-refractivity contribution in [2.24, 2.45) is 0 Å². The summed E-state index contributed by atoms with van der Waals surface area (Å²) < 4.78 is 4.89. The van der Waals surface area contributed by atoms with Crippen molar-refractivity contribution in [2.75, 3.05) is 6.61 Å². The number of esters is 1. The summed E-state index contributed by atoms with van der Waals surface area (Å²) in [6.45, 7) is -0.199. The van der Waals surface area contributed by atoms with E-state index in [1.807, 2.05) is 0 Å². The number of halogens is 1. The maximum atomic E-state index is 11.4. The minimum atomic E-state index is -0.536. The lowest BCUT2D eigenvalue weighted by Gasteiger charge is -2.01. The van der Waals surface area contributed by atoms with Gasteiger partial charge in [0.15, 0.2) is 0 Å². The minimum absolute atomic E-state index is 0.199. The first-order chi connectivity index (χ1) is 7.20. The van der Waals surface area contributed by atoms with Gasteiger partial charge in [0.05, 0.1) is 12.2 Å². The molecule has 0 bridgehead atoms. The highest BCUT2D eigenvalue weighted by Gasteiger charge is 2.25. The SMILES string of the molecule is O=C1O[C@@H](CO)C=C1c1cccc(Cl)c1. The molecule has 1 aromatic rings. The van der Waals surface area contributed by atoms with E-state index in [1.54, 1.807) is 30.3 Å². The van der Waals surface area contributed by atoms with Crippen LogP contribution in [0, 0.1) is 0 Å². The molecule has 1 aromatic carbocycles. The van der Waals surface area contributed by atoms with Crippen LogP contribution in [0.5, 0.6) is 0 Å². The maximum Gasteiger partial charge on any atom is 0.339 e. The average Bonchev–Trinajstić information content (AvgIpc) is 2.60. The molecule has 4 heteroatoms. The number of hydrogen-bond donors (Lipinski definition) is 1. The molecule has 0 spiro atoms. The Labute approximate surface area is 91.9 Å². The molecule has 1 N–H and O–H groups in total. The Morgan fingerprint density at radius 1 is 1.47 bits per heavy atom. The smallest absolute Gasteiger partial charge is 0.339 e. The predicted octanol–water partition coefficient (Wildman–Crippen LogP) is 1.64. The number of cyclic esters (lactones) is 1. The topological polar surface area (TPSA) is 46.5 Å². The molecule has 78 valence electrons. The van der Waals surface area contributed by atoms with Crippen molar-refractivity contribution in [1.82, 2.24) is 0 Å². The van der Waals surface area contributed by atoms with Crippen LogP contribution in [-0.4, -0.2) is 23.8 Å². The van der Waals surface area contributed by atoms with Crippen molar-refractivity contribution in [2.45, 2.75) is 6.10 Å². The van der Waals surface area contributed by atoms with E-state index in [1.165, 1.54) is 0 Å². The summed E-state index contributed by atoms with van der Waals surface area (Å²) in [4.78, 5) is 11.4. The molecule has 0 unspecified atom stereocenters. The van der Waals surface area contributed by atoms with Gasteiger partial charge < -0.3 is 9.84 Å². The fourth-order valence-electron chi connectivity index (χ4n) is 1.45. The molecule has 3 nitrogen and oxygen atoms in total. The van der Waals surface area contributed by atoms with Crippen molar-refractivity contribution >= 4 is 23.1 Å². The first-order valence-corrected chi connectivity index (χ1v) is 4.88. The Hall–Kier alpha value is -1.32. The van der Waals surface area contributed by atoms with Crippen molar-refractivity contribution in [3.63, 3.8) is 0 Å². The number of carbonyl (C=O) groups is 1. The summed E-state index contributed by atoms with van der Waals surface area (Å²) in [5, 5.41) is 9.42. The number of aliphatic hydroxyl groups excluding tert-OH is 1. The van der Waals surface area contributed by atoms with E-state index in [2.05, 4.69) is 0 Å². The van der Waals surface area contributed by atoms with Gasteiger partial charge in [-0.05, 0) is 23.8 Å². The maximum absolute atomic E-state index is 11.4. The molecule has 0 amide bonds. The molecule has 1 aliphatic heterocycles. The lowest BCUT2D eigenvalue weighted by atomic mass is 10.1. The van der Waals surface area contributed by atoms with Gasteiger partial charge in [-0.25, -0.2) is 4.79 Å². The largest absolute Gasteiger partial charge is 0.452 e. The molecule has 0 aromatic heterocycles. The number of hydrogen-bond acceptors (Lipinski definition) is 3. The van der Waals surface area contributed by atoms with Crippen LogP contribution in [-0.2, 0) is 9.53 Å². The first kappa shape index (κ1) is 10.2. The van der Waals surface area contributed by atoms with E-state index in [-0.39, 0.29) is 6.61 Å². The van der Waals surface area contributed by atoms with Crippen LogP contribution >= 0.6 is 11.6 Å². The van der Waals surface area contributed by atoms with Crippen molar-refractivity contribution in [1.29, 1.82) is 0 Å². The van der Waals surface area contributed by atoms with Gasteiger partial charge in [0, 0.05) is 5.02 Å². The fraction of sp³-hybridized carbons (Fsp3) is 0.182. The second kappa shape index (κ2) is 4.04. The van der Waals surface area contributed by atoms with Crippen LogP contribution in [0.4, 0.5) is 0 Å². The Morgan fingerprint density at radius 2 is 2.27 bits per heavy atom. The summed E-state index contributed by atoms with van der Waals surface area (Å²) in [7, 11) is 0. The van der Waals surface area contributed by atoms with E-state index < -0.39 is 12.1 Å². The van der Waals surface area contributed by atoms with Crippen molar-refractivity contribution in [3.05, 3.63) is 40.9 Å². The molecule has 15 heavy (non-hydrogen) atoms. The van der Waals surface area contributed by atoms with Crippen LogP contribution in [0.15, 0.2) is 30.3 Å². The van der Waals surface area contributed by atoms with E-state index in [0.29, 0.717) is 16.2 Å². The number of benzene rings is 1. The summed E-state index contributed by atoms with van der Waals surface area (Å²) in [5.74, 6) is -0.420. The van der Waals surface area contributed by atoms with E-state index in [0.717, 1.165) is 0 Å². The van der Waals surface area contributed by atoms with Crippen LogP contribution in [0.2, 0.25) is 5.02 Å². The van der Waals surface area contributed by atoms with Gasteiger partial charge in [-0.15, -0.1) is 0 Å². The second-order valence-electron chi connectivity index (χ2n) is 3.22. The normalized spacial score (nSPS) is 20.0. The lowest BCUT2D eigenvalue weighted by Crippen LogP contribution is -2.11. The van der Waals surface area contributed by atoms with Gasteiger partial charge in [0.1, 0.15) is 6.10 Å². The lowest BCUT2D eigenvalue weighted by molar-refractivity contribution is -0.139. The Morgan fingerprint density at radius 3 is 2.87 bits per heavy atom. The summed E-state index contributed by atoms with van der Waals surface area (Å²) >= 11 is 5.81. The molecular weight excluding hydrogens is 216 g/mol. The van der Waals surface area contributed by atoms with Gasteiger partial charge in [0.25, 0.3) is 0 Å². The Bertz CT molecular complexity index is 426. The molecule has 0 radical (unpaired) electrons. The predicted molar refractivity (Wildman–Crippen MR) is 56.4 cm³/mol. The molecule has 0 aliphatic carbocycles. The zero-order chi connectivity index (χ0) is 10.8. The Kier molecular flexibility index (Phi) is 2.75. The van der Waals surface area contributed by atoms with E-state index >= 15 is 0 Å². The molecule has 0 fully saturated rings. The third-order valence-corrected chi connectivity index (χ3v) is 2.38. The fourth-order valence-corrected chi connectivity index (χ4v) is 1.64. The quantitative estimate of drug-likeness (QED) is 0.777. The average molecular weight is 225 g/mol. The standard InChI is InChI=1S/C11H9ClO3/c12-8-3-1-2-7(4-8)10-5-9(6-13)15-11(10)14/h1-5,9,13H,6H2/t9-/m1/s1. The summed E-state index contributed by atoms with van der Waals surface area (Å²) in [6.07, 6.45) is 1.07. The monoisotopic (exact) mass is 224 g/mol. The van der Waals surface area contributed by atoms with Gasteiger partial charge in [-0.3, -0.25) is 0 Å². The zero-order valence-corrected chi connectivity index (χ0v) is 8.57. The van der Waals surface area contributed by atoms with Crippen molar-refractivity contribution in [3.8, 4) is 0 Å². The van der Waals surface area contributed by atoms with E-state index in [4.69, 9.17) is 21.4 Å². The third kappa shape index (κ3) is 2.03. The zero-order valence-electron chi connectivity index (χ0n) is 7.81. The minimum Gasteiger partial charge on any atom is -0.452 e. The first-order valence-electron chi connectivity index (χ1n) is 4.50. The molecule has 0 saturated heterocycles. The van der Waals surface area contributed by atoms with Crippen LogP contribution in [0.1, 0.15) is 5.56 Å². The van der Waals surface area contributed by atoms with Crippen LogP contribution < -0.4 is 0 Å². The molecule has 1 aliphatic rings. The van der Waals surface area contributed by atoms with Gasteiger partial charge in [-0.2, -0.15) is 0 Å². The van der Waals surface area contributed by atoms with Crippen LogP contribution in [0.25, 0.3) is 5.57 Å². The van der Waals surface area contributed by atoms with E-state index in [9.17, 15) is 4.79 Å². The van der Waals surface area contributed by atoms with Gasteiger partial charge in [-0.1, -0.05) is 23.7 Å². The summed E-state index contributed by atoms with van der Waals surface area (Å²) in [6, 6.07) is 6.96. The second-order valence-corrected chi connectivity index (χ2v) is 3.65. The molecular formula is C11H9ClO3. The molecule has 1 atom stereocenters. The van der Waals surface area contributed by atoms with Crippen molar-refractivity contribution < 1.29 is 14.6 Å². The molecule has 2 rings (SSSR count). The van der Waals surface area contributed by atoms with Crippen LogP contribution in [0.3, 0.4) is 0 Å². The van der Waals surface area contributed by atoms with Gasteiger partial charge in [0.2, 0.25) is 0 Å². The highest BCUT2D eigenvalue weighted by molar-refractivity contribution is 6.31. The number of ether oxygens (including phenoxy) is 1. The Balaban J connectivity index is 2.35. The summed E-state index contributed by atoms with van der Waals surface area (Å²) in [5.41, 5.74) is 1.17. The number of carbonyl (C=O) groups excluding carboxylic acids is 1.